The van der Waals surface area contributed by atoms with E-state index in [0.29, 0.717) is 11.3 Å². The summed E-state index contributed by atoms with van der Waals surface area (Å²) >= 11 is 0. The Labute approximate surface area is 210 Å². The highest BCUT2D eigenvalue weighted by atomic mass is 16.6. The normalized spacial score (nSPS) is 24.0. The maximum atomic E-state index is 13.9. The van der Waals surface area contributed by atoms with E-state index in [1.54, 1.807) is 29.3 Å². The molecule has 3 aliphatic rings. The van der Waals surface area contributed by atoms with Crippen molar-refractivity contribution in [3.63, 3.8) is 0 Å². The molecular weight excluding hydrogens is 472 g/mol. The lowest BCUT2D eigenvalue weighted by Crippen LogP contribution is -2.46. The zero-order valence-electron chi connectivity index (χ0n) is 19.2. The second kappa shape index (κ2) is 8.24. The van der Waals surface area contributed by atoms with Gasteiger partial charge >= 0.3 is 0 Å². The molecule has 6 rings (SSSR count). The topological polar surface area (TPSA) is 125 Å². The van der Waals surface area contributed by atoms with Gasteiger partial charge in [-0.25, -0.2) is 4.90 Å². The summed E-state index contributed by atoms with van der Waals surface area (Å²) in [6.07, 6.45) is 4.69. The Bertz CT molecular complexity index is 1630. The minimum atomic E-state index is -1.06. The fourth-order valence-electron chi connectivity index (χ4n) is 5.63. The largest absolute Gasteiger partial charge is 0.359 e. The number of fused-ring (bicyclic) bond motifs is 4. The Morgan fingerprint density at radius 1 is 0.946 bits per heavy atom. The quantitative estimate of drug-likeness (QED) is 0.236. The maximum absolute atomic E-state index is 13.9. The summed E-state index contributed by atoms with van der Waals surface area (Å²) in [4.78, 5) is 54.9. The predicted octanol–water partition coefficient (Wildman–Crippen LogP) is 3.77. The highest BCUT2D eigenvalue weighted by Gasteiger charge is 2.63. The van der Waals surface area contributed by atoms with Gasteiger partial charge in [0.2, 0.25) is 11.8 Å². The lowest BCUT2D eigenvalue weighted by Gasteiger charge is -2.32. The number of carbonyl (C=O) groups excluding carboxylic acids is 3. The molecule has 180 valence electrons. The van der Waals surface area contributed by atoms with Crippen LogP contribution in [-0.2, 0) is 9.59 Å². The average molecular weight is 490 g/mol. The molecule has 9 nitrogen and oxygen atoms in total. The number of nitrogens with zero attached hydrogens (tertiary/aromatic N) is 4. The monoisotopic (exact) mass is 490 g/mol. The average Bonchev–Trinajstić information content (AvgIpc) is 3.39. The van der Waals surface area contributed by atoms with Crippen molar-refractivity contribution < 1.29 is 19.3 Å². The van der Waals surface area contributed by atoms with Crippen LogP contribution in [0, 0.1) is 33.3 Å². The van der Waals surface area contributed by atoms with Gasteiger partial charge in [-0.05, 0) is 35.1 Å². The summed E-state index contributed by atoms with van der Waals surface area (Å²) in [5.41, 5.74) is 0.566. The fraction of sp³-hybridized carbons (Fsp3) is 0.143. The van der Waals surface area contributed by atoms with E-state index < -0.39 is 46.4 Å². The number of anilines is 1. The lowest BCUT2D eigenvalue weighted by molar-refractivity contribution is -0.384. The highest BCUT2D eigenvalue weighted by Crippen LogP contribution is 2.47. The van der Waals surface area contributed by atoms with Gasteiger partial charge in [-0.3, -0.25) is 24.5 Å². The molecule has 0 bridgehead atoms. The van der Waals surface area contributed by atoms with Crippen LogP contribution in [0.3, 0.4) is 0 Å². The zero-order chi connectivity index (χ0) is 25.8. The fourth-order valence-corrected chi connectivity index (χ4v) is 5.63. The standard InChI is InChI=1S/C28H18N4O5/c29-15-16-10-11-30-22(12-16)23-24(25(30)26(33)19-6-3-7-21(14-19)32(36)37)28(35)31(27(23)34)20-9-8-17-4-1-2-5-18(17)13-20/h1-14,22-25H/t22-,23-,24-,25+/m0/s1. The van der Waals surface area contributed by atoms with Crippen molar-refractivity contribution in [1.29, 1.82) is 5.26 Å². The summed E-state index contributed by atoms with van der Waals surface area (Å²) in [5.74, 6) is -3.36. The smallest absolute Gasteiger partial charge is 0.270 e. The summed E-state index contributed by atoms with van der Waals surface area (Å²) in [6.45, 7) is 0. The lowest BCUT2D eigenvalue weighted by atomic mass is 9.86. The molecule has 3 aliphatic heterocycles. The molecule has 4 atom stereocenters. The molecule has 0 N–H and O–H groups in total. The van der Waals surface area contributed by atoms with Gasteiger partial charge in [0.1, 0.15) is 6.04 Å². The Balaban J connectivity index is 1.45. The first-order chi connectivity index (χ1) is 17.9. The number of ketones is 1. The van der Waals surface area contributed by atoms with Crippen molar-refractivity contribution in [2.45, 2.75) is 12.1 Å². The van der Waals surface area contributed by atoms with E-state index in [9.17, 15) is 29.8 Å². The van der Waals surface area contributed by atoms with E-state index in [2.05, 4.69) is 6.07 Å². The summed E-state index contributed by atoms with van der Waals surface area (Å²) in [6, 6.07) is 18.5. The van der Waals surface area contributed by atoms with Gasteiger partial charge in [-0.1, -0.05) is 42.5 Å². The Morgan fingerprint density at radius 3 is 2.46 bits per heavy atom. The number of hydrogen-bond acceptors (Lipinski definition) is 7. The number of non-ortho nitro benzene ring substituents is 1. The van der Waals surface area contributed by atoms with Gasteiger partial charge in [0.15, 0.2) is 5.78 Å². The summed E-state index contributed by atoms with van der Waals surface area (Å²) in [5, 5.41) is 22.6. The number of nitro benzene ring substituents is 1. The van der Waals surface area contributed by atoms with E-state index in [1.165, 1.54) is 30.3 Å². The van der Waals surface area contributed by atoms with Crippen molar-refractivity contribution >= 4 is 39.7 Å². The number of amides is 2. The number of nitriles is 1. The predicted molar refractivity (Wildman–Crippen MR) is 133 cm³/mol. The number of rotatable bonds is 4. The van der Waals surface area contributed by atoms with Gasteiger partial charge in [-0.15, -0.1) is 0 Å². The number of carbonyl (C=O) groups is 3. The molecule has 9 heteroatoms. The Hall–Kier alpha value is -5.10. The van der Waals surface area contributed by atoms with Gasteiger partial charge < -0.3 is 4.90 Å². The number of allylic oxidation sites excluding steroid dienone is 2. The Morgan fingerprint density at radius 2 is 1.70 bits per heavy atom. The highest BCUT2D eigenvalue weighted by molar-refractivity contribution is 6.25. The summed E-state index contributed by atoms with van der Waals surface area (Å²) < 4.78 is 0. The van der Waals surface area contributed by atoms with Crippen LogP contribution < -0.4 is 4.90 Å². The van der Waals surface area contributed by atoms with E-state index in [0.717, 1.165) is 15.7 Å². The van der Waals surface area contributed by atoms with E-state index in [-0.39, 0.29) is 11.3 Å². The van der Waals surface area contributed by atoms with Crippen LogP contribution in [-0.4, -0.2) is 39.5 Å². The van der Waals surface area contributed by atoms with Crippen molar-refractivity contribution in [2.75, 3.05) is 4.90 Å². The zero-order valence-corrected chi connectivity index (χ0v) is 19.2. The minimum Gasteiger partial charge on any atom is -0.359 e. The summed E-state index contributed by atoms with van der Waals surface area (Å²) in [7, 11) is 0. The first-order valence-electron chi connectivity index (χ1n) is 11.6. The molecule has 2 amide bonds. The van der Waals surface area contributed by atoms with E-state index in [1.807, 2.05) is 30.3 Å². The molecule has 0 radical (unpaired) electrons. The van der Waals surface area contributed by atoms with E-state index in [4.69, 9.17) is 0 Å². The van der Waals surface area contributed by atoms with Crippen LogP contribution in [0.2, 0.25) is 0 Å². The third-order valence-corrected chi connectivity index (χ3v) is 7.28. The third kappa shape index (κ3) is 3.34. The number of benzene rings is 3. The molecule has 3 aromatic rings. The van der Waals surface area contributed by atoms with E-state index >= 15 is 0 Å². The number of Topliss-reactive ketones (excluding diaryl/α,β-unsaturated/α-hetero) is 1. The van der Waals surface area contributed by atoms with Crippen LogP contribution in [0.1, 0.15) is 10.4 Å². The molecule has 37 heavy (non-hydrogen) atoms. The van der Waals surface area contributed by atoms with Crippen molar-refractivity contribution in [3.05, 3.63) is 106 Å². The van der Waals surface area contributed by atoms with Crippen molar-refractivity contribution in [2.24, 2.45) is 11.8 Å². The first kappa shape index (κ1) is 22.4. The second-order valence-corrected chi connectivity index (χ2v) is 9.20. The van der Waals surface area contributed by atoms with Crippen molar-refractivity contribution in [1.82, 2.24) is 4.90 Å². The number of imide groups is 1. The molecular formula is C28H18N4O5. The van der Waals surface area contributed by atoms with Crippen LogP contribution >= 0.6 is 0 Å². The number of nitro groups is 1. The van der Waals surface area contributed by atoms with Crippen LogP contribution in [0.15, 0.2) is 90.7 Å². The molecule has 0 aromatic heterocycles. The van der Waals surface area contributed by atoms with Gasteiger partial charge in [0.05, 0.1) is 40.1 Å². The molecule has 0 unspecified atom stereocenters. The molecule has 0 aliphatic carbocycles. The van der Waals surface area contributed by atoms with Crippen molar-refractivity contribution in [3.8, 4) is 6.07 Å². The second-order valence-electron chi connectivity index (χ2n) is 9.20. The number of hydrogen-bond donors (Lipinski definition) is 0. The maximum Gasteiger partial charge on any atom is 0.270 e. The van der Waals surface area contributed by atoms with Gasteiger partial charge in [-0.2, -0.15) is 5.26 Å². The Kier molecular flexibility index (Phi) is 4.98. The molecule has 3 aromatic carbocycles. The molecule has 2 saturated heterocycles. The first-order valence-corrected chi connectivity index (χ1v) is 11.6. The molecule has 0 spiro atoms. The van der Waals surface area contributed by atoms with Gasteiger partial charge in [0, 0.05) is 23.9 Å². The van der Waals surface area contributed by atoms with Crippen LogP contribution in [0.5, 0.6) is 0 Å². The van der Waals surface area contributed by atoms with Gasteiger partial charge in [0.25, 0.3) is 5.69 Å². The SMILES string of the molecule is N#CC1=C[C@H]2[C@@H]3C(=O)N(c4ccc5ccccc5c4)C(=O)[C@@H]3[C@H](C(=O)c3cccc([N+](=O)[O-])c3)N2C=C1. The van der Waals surface area contributed by atoms with Crippen LogP contribution in [0.25, 0.3) is 10.8 Å². The molecule has 3 heterocycles. The third-order valence-electron chi connectivity index (χ3n) is 7.28. The molecule has 2 fully saturated rings. The molecule has 0 saturated carbocycles. The minimum absolute atomic E-state index is 0.0754. The van der Waals surface area contributed by atoms with Crippen LogP contribution in [0.4, 0.5) is 11.4 Å².